The van der Waals surface area contributed by atoms with E-state index in [9.17, 15) is 14.7 Å². The minimum Gasteiger partial charge on any atom is -0.511 e. The Morgan fingerprint density at radius 1 is 1.25 bits per heavy atom. The molecular formula is C22H29FO4S. The molecule has 3 saturated carbocycles. The Hall–Kier alpha value is -1.30. The second-order valence-electron chi connectivity index (χ2n) is 9.33. The largest absolute Gasteiger partial charge is 0.511 e. The fraction of sp³-hybridized carbons (Fsp3) is 0.727. The summed E-state index contributed by atoms with van der Waals surface area (Å²) in [6.07, 6.45) is 7.21. The molecule has 6 heteroatoms. The zero-order chi connectivity index (χ0) is 20.3. The smallest absolute Gasteiger partial charge is 0.303 e. The van der Waals surface area contributed by atoms with E-state index in [2.05, 4.69) is 6.92 Å². The number of hydrogen-bond donors (Lipinski definition) is 1. The summed E-state index contributed by atoms with van der Waals surface area (Å²) in [5.41, 5.74) is -1.86. The van der Waals surface area contributed by atoms with Gasteiger partial charge in [-0.2, -0.15) is 0 Å². The fourth-order valence-electron chi connectivity index (χ4n) is 6.63. The van der Waals surface area contributed by atoms with Gasteiger partial charge in [0.25, 0.3) is 0 Å². The quantitative estimate of drug-likeness (QED) is 0.532. The number of fused-ring (bicyclic) bond motifs is 5. The summed E-state index contributed by atoms with van der Waals surface area (Å²) in [6, 6.07) is 0. The Morgan fingerprint density at radius 2 is 2.00 bits per heavy atom. The van der Waals surface area contributed by atoms with E-state index < -0.39 is 11.1 Å². The van der Waals surface area contributed by atoms with Gasteiger partial charge in [-0.05, 0) is 74.3 Å². The maximum absolute atomic E-state index is 16.8. The number of alkyl halides is 1. The SMILES string of the molecule is CC(=O)OCSC1CC[C@H]2[C@@H]3CCC4=CC(=O)C=C(O)[C@]4(C)[C@@]3(F)CC[C@]12C. The Morgan fingerprint density at radius 3 is 2.71 bits per heavy atom. The van der Waals surface area contributed by atoms with Gasteiger partial charge < -0.3 is 9.84 Å². The molecule has 4 nitrogen and oxygen atoms in total. The van der Waals surface area contributed by atoms with E-state index in [1.165, 1.54) is 19.1 Å². The van der Waals surface area contributed by atoms with E-state index in [-0.39, 0.29) is 34.8 Å². The lowest BCUT2D eigenvalue weighted by Crippen LogP contribution is -2.61. The predicted molar refractivity (Wildman–Crippen MR) is 107 cm³/mol. The Labute approximate surface area is 170 Å². The number of ether oxygens (including phenoxy) is 1. The number of carbonyl (C=O) groups is 2. The molecule has 4 aliphatic rings. The minimum absolute atomic E-state index is 0.00642. The van der Waals surface area contributed by atoms with Crippen LogP contribution in [-0.4, -0.2) is 33.7 Å². The lowest BCUT2D eigenvalue weighted by Gasteiger charge is -2.60. The first-order valence-corrected chi connectivity index (χ1v) is 11.3. The monoisotopic (exact) mass is 408 g/mol. The van der Waals surface area contributed by atoms with Crippen molar-refractivity contribution in [2.24, 2.45) is 22.7 Å². The highest BCUT2D eigenvalue weighted by Gasteiger charge is 2.68. The van der Waals surface area contributed by atoms with Gasteiger partial charge in [-0.25, -0.2) is 4.39 Å². The Balaban J connectivity index is 1.62. The molecule has 0 aromatic rings. The van der Waals surface area contributed by atoms with E-state index in [1.54, 1.807) is 18.7 Å². The lowest BCUT2D eigenvalue weighted by molar-refractivity contribution is -0.138. The van der Waals surface area contributed by atoms with Gasteiger partial charge in [0.1, 0.15) is 17.4 Å². The number of thioether (sulfide) groups is 1. The maximum Gasteiger partial charge on any atom is 0.303 e. The first-order valence-electron chi connectivity index (χ1n) is 10.2. The molecular weight excluding hydrogens is 379 g/mol. The number of allylic oxidation sites excluding steroid dienone is 3. The summed E-state index contributed by atoms with van der Waals surface area (Å²) >= 11 is 1.68. The molecule has 0 aromatic carbocycles. The second kappa shape index (κ2) is 6.61. The van der Waals surface area contributed by atoms with Crippen molar-refractivity contribution in [3.8, 4) is 0 Å². The third kappa shape index (κ3) is 2.62. The van der Waals surface area contributed by atoms with Crippen LogP contribution in [0.5, 0.6) is 0 Å². The van der Waals surface area contributed by atoms with Crippen LogP contribution in [0.25, 0.3) is 0 Å². The van der Waals surface area contributed by atoms with Crippen LogP contribution in [0.1, 0.15) is 59.3 Å². The van der Waals surface area contributed by atoms with Gasteiger partial charge in [-0.3, -0.25) is 9.59 Å². The van der Waals surface area contributed by atoms with Crippen molar-refractivity contribution < 1.29 is 23.8 Å². The summed E-state index contributed by atoms with van der Waals surface area (Å²) in [5.74, 6) is -0.155. The Kier molecular flexibility index (Phi) is 4.72. The number of halogens is 1. The number of ketones is 1. The third-order valence-electron chi connectivity index (χ3n) is 8.26. The van der Waals surface area contributed by atoms with Crippen LogP contribution in [0.2, 0.25) is 0 Å². The molecule has 0 saturated heterocycles. The maximum atomic E-state index is 16.8. The van der Waals surface area contributed by atoms with Crippen molar-refractivity contribution in [1.29, 1.82) is 0 Å². The summed E-state index contributed by atoms with van der Waals surface area (Å²) < 4.78 is 21.9. The molecule has 1 unspecified atom stereocenters. The molecule has 0 heterocycles. The van der Waals surface area contributed by atoms with Crippen LogP contribution >= 0.6 is 11.8 Å². The predicted octanol–water partition coefficient (Wildman–Crippen LogP) is 4.89. The van der Waals surface area contributed by atoms with Crippen molar-refractivity contribution in [1.82, 2.24) is 0 Å². The number of hydrogen-bond acceptors (Lipinski definition) is 5. The summed E-state index contributed by atoms with van der Waals surface area (Å²) in [4.78, 5) is 23.0. The van der Waals surface area contributed by atoms with E-state index in [4.69, 9.17) is 4.74 Å². The highest BCUT2D eigenvalue weighted by molar-refractivity contribution is 7.99. The van der Waals surface area contributed by atoms with Crippen molar-refractivity contribution in [2.75, 3.05) is 5.94 Å². The van der Waals surface area contributed by atoms with E-state index in [1.807, 2.05) is 0 Å². The average Bonchev–Trinajstić information content (AvgIpc) is 2.94. The fourth-order valence-corrected chi connectivity index (χ4v) is 8.00. The molecule has 1 N–H and O–H groups in total. The van der Waals surface area contributed by atoms with Crippen molar-refractivity contribution in [3.63, 3.8) is 0 Å². The zero-order valence-corrected chi connectivity index (χ0v) is 17.6. The van der Waals surface area contributed by atoms with Crippen LogP contribution < -0.4 is 0 Å². The van der Waals surface area contributed by atoms with Crippen molar-refractivity contribution >= 4 is 23.5 Å². The lowest BCUT2D eigenvalue weighted by atomic mass is 9.46. The van der Waals surface area contributed by atoms with Gasteiger partial charge in [0.2, 0.25) is 0 Å². The van der Waals surface area contributed by atoms with Gasteiger partial charge in [0.05, 0.1) is 5.41 Å². The average molecular weight is 409 g/mol. The number of carbonyl (C=O) groups excluding carboxylic acids is 2. The van der Waals surface area contributed by atoms with E-state index in [0.29, 0.717) is 24.0 Å². The molecule has 0 bridgehead atoms. The van der Waals surface area contributed by atoms with Gasteiger partial charge >= 0.3 is 5.97 Å². The summed E-state index contributed by atoms with van der Waals surface area (Å²) in [5, 5.41) is 11.0. The molecule has 3 fully saturated rings. The van der Waals surface area contributed by atoms with Gasteiger partial charge in [-0.15, -0.1) is 11.8 Å². The topological polar surface area (TPSA) is 63.6 Å². The zero-order valence-electron chi connectivity index (χ0n) is 16.8. The molecule has 4 aliphatic carbocycles. The summed E-state index contributed by atoms with van der Waals surface area (Å²) in [7, 11) is 0. The molecule has 0 amide bonds. The third-order valence-corrected chi connectivity index (χ3v) is 9.69. The molecule has 154 valence electrons. The van der Waals surface area contributed by atoms with Crippen LogP contribution in [-0.2, 0) is 14.3 Å². The van der Waals surface area contributed by atoms with E-state index in [0.717, 1.165) is 31.3 Å². The van der Waals surface area contributed by atoms with Crippen molar-refractivity contribution in [2.45, 2.75) is 70.2 Å². The van der Waals surface area contributed by atoms with Crippen LogP contribution in [0.4, 0.5) is 4.39 Å². The highest BCUT2D eigenvalue weighted by Crippen LogP contribution is 2.69. The molecule has 6 atom stereocenters. The minimum atomic E-state index is -1.53. The van der Waals surface area contributed by atoms with Crippen LogP contribution in [0.15, 0.2) is 23.5 Å². The highest BCUT2D eigenvalue weighted by atomic mass is 32.2. The first kappa shape index (κ1) is 20.0. The van der Waals surface area contributed by atoms with Gasteiger partial charge in [0.15, 0.2) is 5.78 Å². The molecule has 0 aromatic heterocycles. The van der Waals surface area contributed by atoms with E-state index >= 15 is 4.39 Å². The molecule has 0 spiro atoms. The van der Waals surface area contributed by atoms with Crippen LogP contribution in [0.3, 0.4) is 0 Å². The number of aliphatic hydroxyl groups is 1. The normalized spacial score (nSPS) is 44.7. The number of aliphatic hydroxyl groups excluding tert-OH is 1. The summed E-state index contributed by atoms with van der Waals surface area (Å²) in [6.45, 7) is 5.47. The number of esters is 1. The molecule has 0 radical (unpaired) electrons. The molecule has 28 heavy (non-hydrogen) atoms. The number of rotatable bonds is 3. The van der Waals surface area contributed by atoms with Gasteiger partial charge in [0, 0.05) is 18.2 Å². The van der Waals surface area contributed by atoms with Crippen molar-refractivity contribution in [3.05, 3.63) is 23.5 Å². The van der Waals surface area contributed by atoms with Crippen LogP contribution in [0, 0.1) is 22.7 Å². The first-order chi connectivity index (χ1) is 13.1. The second-order valence-corrected chi connectivity index (χ2v) is 10.5. The standard InChI is InChI=1S/C22H29FO4S/c1-13(24)27-12-28-19-7-6-16-17-5-4-14-10-15(25)11-18(26)21(14,3)22(17,23)9-8-20(16,19)2/h10-11,16-17,19,26H,4-9,12H2,1-3H3/t16-,17-,19?,20-,21+,22+/m0/s1. The molecule has 0 aliphatic heterocycles. The van der Waals surface area contributed by atoms with Gasteiger partial charge in [-0.1, -0.05) is 6.92 Å². The Bertz CT molecular complexity index is 776. The molecule has 4 rings (SSSR count).